The Bertz CT molecular complexity index is 1150. The molecule has 9 heteroatoms. The van der Waals surface area contributed by atoms with E-state index >= 15 is 4.39 Å². The molecule has 2 heterocycles. The van der Waals surface area contributed by atoms with Gasteiger partial charge in [-0.15, -0.1) is 0 Å². The number of halogens is 4. The first kappa shape index (κ1) is 23.7. The number of nitrogens with zero attached hydrogens (tertiary/aromatic N) is 3. The highest BCUT2D eigenvalue weighted by Crippen LogP contribution is 2.38. The van der Waals surface area contributed by atoms with Gasteiger partial charge in [0.25, 0.3) is 0 Å². The maximum absolute atomic E-state index is 15.4. The van der Waals surface area contributed by atoms with Crippen LogP contribution in [0.4, 0.5) is 23.4 Å². The van der Waals surface area contributed by atoms with Gasteiger partial charge in [0, 0.05) is 6.54 Å². The normalized spacial score (nSPS) is 16.1. The van der Waals surface area contributed by atoms with E-state index in [2.05, 4.69) is 9.97 Å². The SMILES string of the molecule is O=C(O)Cc1ccc(CCc2ncnc(N3CCC[C@@H]3c3ccc(C(F)(F)F)cc3)c2F)cc1. The van der Waals surface area contributed by atoms with E-state index in [1.807, 2.05) is 12.1 Å². The van der Waals surface area contributed by atoms with Crippen molar-refractivity contribution in [1.82, 2.24) is 9.97 Å². The lowest BCUT2D eigenvalue weighted by Gasteiger charge is -2.27. The number of alkyl halides is 3. The summed E-state index contributed by atoms with van der Waals surface area (Å²) in [4.78, 5) is 20.9. The zero-order chi connectivity index (χ0) is 24.3. The summed E-state index contributed by atoms with van der Waals surface area (Å²) in [5.41, 5.74) is 1.85. The van der Waals surface area contributed by atoms with Crippen molar-refractivity contribution in [2.75, 3.05) is 11.4 Å². The van der Waals surface area contributed by atoms with Crippen LogP contribution < -0.4 is 4.90 Å². The van der Waals surface area contributed by atoms with Gasteiger partial charge >= 0.3 is 12.1 Å². The van der Waals surface area contributed by atoms with Gasteiger partial charge in [-0.2, -0.15) is 13.2 Å². The number of carboxylic acids is 1. The lowest BCUT2D eigenvalue weighted by molar-refractivity contribution is -0.138. The van der Waals surface area contributed by atoms with E-state index in [4.69, 9.17) is 5.11 Å². The first-order chi connectivity index (χ1) is 16.2. The number of aliphatic carboxylic acids is 1. The maximum atomic E-state index is 15.4. The molecule has 2 aromatic carbocycles. The van der Waals surface area contributed by atoms with Crippen LogP contribution >= 0.6 is 0 Å². The fourth-order valence-electron chi connectivity index (χ4n) is 4.29. The first-order valence-electron chi connectivity index (χ1n) is 10.9. The van der Waals surface area contributed by atoms with Gasteiger partial charge in [-0.05, 0) is 54.5 Å². The summed E-state index contributed by atoms with van der Waals surface area (Å²) in [6.07, 6.45) is -0.842. The second-order valence-corrected chi connectivity index (χ2v) is 8.32. The van der Waals surface area contributed by atoms with Crippen molar-refractivity contribution in [3.63, 3.8) is 0 Å². The molecule has 0 aliphatic carbocycles. The van der Waals surface area contributed by atoms with Gasteiger partial charge in [0.1, 0.15) is 6.33 Å². The molecule has 0 unspecified atom stereocenters. The summed E-state index contributed by atoms with van der Waals surface area (Å²) < 4.78 is 54.1. The average Bonchev–Trinajstić information content (AvgIpc) is 3.28. The third kappa shape index (κ3) is 5.35. The van der Waals surface area contributed by atoms with Crippen molar-refractivity contribution in [2.45, 2.75) is 44.3 Å². The monoisotopic (exact) mass is 473 g/mol. The van der Waals surface area contributed by atoms with Crippen LogP contribution in [-0.4, -0.2) is 27.6 Å². The molecule has 1 saturated heterocycles. The molecule has 1 aliphatic rings. The Labute approximate surface area is 194 Å². The van der Waals surface area contributed by atoms with E-state index in [9.17, 15) is 18.0 Å². The van der Waals surface area contributed by atoms with Crippen LogP contribution in [0.15, 0.2) is 54.9 Å². The summed E-state index contributed by atoms with van der Waals surface area (Å²) in [6.45, 7) is 0.546. The minimum atomic E-state index is -4.40. The van der Waals surface area contributed by atoms with Gasteiger partial charge in [-0.1, -0.05) is 36.4 Å². The number of benzene rings is 2. The maximum Gasteiger partial charge on any atom is 0.416 e. The van der Waals surface area contributed by atoms with Gasteiger partial charge in [0.05, 0.1) is 23.7 Å². The topological polar surface area (TPSA) is 66.3 Å². The number of rotatable bonds is 7. The highest BCUT2D eigenvalue weighted by Gasteiger charge is 2.33. The molecule has 178 valence electrons. The summed E-state index contributed by atoms with van der Waals surface area (Å²) in [5, 5.41) is 8.87. The largest absolute Gasteiger partial charge is 0.481 e. The summed E-state index contributed by atoms with van der Waals surface area (Å²) in [5.74, 6) is -1.27. The molecule has 0 spiro atoms. The van der Waals surface area contributed by atoms with Crippen LogP contribution in [0.5, 0.6) is 0 Å². The first-order valence-corrected chi connectivity index (χ1v) is 10.9. The van der Waals surface area contributed by atoms with Crippen molar-refractivity contribution in [1.29, 1.82) is 0 Å². The van der Waals surface area contributed by atoms with Crippen molar-refractivity contribution in [3.8, 4) is 0 Å². The number of aromatic nitrogens is 2. The molecule has 3 aromatic rings. The van der Waals surface area contributed by atoms with E-state index < -0.39 is 23.5 Å². The number of anilines is 1. The van der Waals surface area contributed by atoms with Crippen molar-refractivity contribution in [2.24, 2.45) is 0 Å². The lowest BCUT2D eigenvalue weighted by atomic mass is 10.0. The summed E-state index contributed by atoms with van der Waals surface area (Å²) in [6, 6.07) is 11.8. The molecule has 0 radical (unpaired) electrons. The average molecular weight is 473 g/mol. The second-order valence-electron chi connectivity index (χ2n) is 8.32. The Morgan fingerprint density at radius 1 is 1.00 bits per heavy atom. The third-order valence-electron chi connectivity index (χ3n) is 6.02. The van der Waals surface area contributed by atoms with E-state index in [0.29, 0.717) is 36.9 Å². The quantitative estimate of drug-likeness (QED) is 0.466. The smallest absolute Gasteiger partial charge is 0.416 e. The highest BCUT2D eigenvalue weighted by molar-refractivity contribution is 5.70. The van der Waals surface area contributed by atoms with Gasteiger partial charge < -0.3 is 10.0 Å². The number of hydrogen-bond donors (Lipinski definition) is 1. The second kappa shape index (κ2) is 9.79. The number of carboxylic acid groups (broad SMARTS) is 1. The van der Waals surface area contributed by atoms with Crippen LogP contribution in [0.1, 0.15) is 46.8 Å². The minimum absolute atomic E-state index is 0.0554. The van der Waals surface area contributed by atoms with Gasteiger partial charge in [-0.25, -0.2) is 14.4 Å². The highest BCUT2D eigenvalue weighted by atomic mass is 19.4. The van der Waals surface area contributed by atoms with E-state index in [-0.39, 0.29) is 24.0 Å². The summed E-state index contributed by atoms with van der Waals surface area (Å²) in [7, 11) is 0. The van der Waals surface area contributed by atoms with Crippen LogP contribution in [0.25, 0.3) is 0 Å². The molecule has 1 fully saturated rings. The Kier molecular flexibility index (Phi) is 6.81. The molecule has 5 nitrogen and oxygen atoms in total. The molecule has 0 amide bonds. The van der Waals surface area contributed by atoms with E-state index in [1.165, 1.54) is 18.5 Å². The molecule has 1 atom stereocenters. The molecular formula is C25H23F4N3O2. The molecule has 4 rings (SSSR count). The Balaban J connectivity index is 1.49. The third-order valence-corrected chi connectivity index (χ3v) is 6.02. The lowest BCUT2D eigenvalue weighted by Crippen LogP contribution is -2.25. The Morgan fingerprint density at radius 2 is 1.68 bits per heavy atom. The standard InChI is InChI=1S/C25H23F4N3O2/c26-23-20(12-7-16-3-5-17(6-4-16)14-22(33)34)30-15-31-24(23)32-13-1-2-21(32)18-8-10-19(11-9-18)25(27,28)29/h3-6,8-11,15,21H,1-2,7,12-14H2,(H,33,34)/t21-/m1/s1. The zero-order valence-electron chi connectivity index (χ0n) is 18.2. The van der Waals surface area contributed by atoms with Crippen molar-refractivity contribution in [3.05, 3.63) is 88.6 Å². The molecule has 1 N–H and O–H groups in total. The number of hydrogen-bond acceptors (Lipinski definition) is 4. The zero-order valence-corrected chi connectivity index (χ0v) is 18.2. The predicted molar refractivity (Wildman–Crippen MR) is 118 cm³/mol. The molecular weight excluding hydrogens is 450 g/mol. The van der Waals surface area contributed by atoms with Crippen LogP contribution in [-0.2, 0) is 30.2 Å². The van der Waals surface area contributed by atoms with E-state index in [1.54, 1.807) is 17.0 Å². The molecule has 1 aliphatic heterocycles. The van der Waals surface area contributed by atoms with Crippen molar-refractivity contribution < 1.29 is 27.5 Å². The fraction of sp³-hybridized carbons (Fsp3) is 0.320. The molecule has 0 bridgehead atoms. The molecule has 1 aromatic heterocycles. The Hall–Kier alpha value is -3.49. The molecule has 0 saturated carbocycles. The predicted octanol–water partition coefficient (Wildman–Crippen LogP) is 5.39. The van der Waals surface area contributed by atoms with Crippen molar-refractivity contribution >= 4 is 11.8 Å². The molecule has 34 heavy (non-hydrogen) atoms. The van der Waals surface area contributed by atoms with Gasteiger partial charge in [0.2, 0.25) is 0 Å². The number of carbonyl (C=O) groups is 1. The van der Waals surface area contributed by atoms with Crippen LogP contribution in [0.3, 0.4) is 0 Å². The summed E-state index contributed by atoms with van der Waals surface area (Å²) >= 11 is 0. The Morgan fingerprint density at radius 3 is 2.32 bits per heavy atom. The minimum Gasteiger partial charge on any atom is -0.481 e. The van der Waals surface area contributed by atoms with Crippen LogP contribution in [0.2, 0.25) is 0 Å². The van der Waals surface area contributed by atoms with Crippen LogP contribution in [0, 0.1) is 5.82 Å². The van der Waals surface area contributed by atoms with Gasteiger partial charge in [0.15, 0.2) is 11.6 Å². The fourth-order valence-corrected chi connectivity index (χ4v) is 4.29. The van der Waals surface area contributed by atoms with Gasteiger partial charge in [-0.3, -0.25) is 4.79 Å². The number of aryl methyl sites for hydroxylation is 2. The van der Waals surface area contributed by atoms with E-state index in [0.717, 1.165) is 24.1 Å².